The molecule has 1 aromatic carbocycles. The molecule has 0 amide bonds. The second-order valence-corrected chi connectivity index (χ2v) is 5.82. The molecule has 0 saturated carbocycles. The van der Waals surface area contributed by atoms with E-state index < -0.39 is 5.60 Å². The predicted octanol–water partition coefficient (Wildman–Crippen LogP) is 2.09. The molecule has 94 valence electrons. The van der Waals surface area contributed by atoms with Gasteiger partial charge < -0.3 is 10.4 Å². The van der Waals surface area contributed by atoms with Crippen LogP contribution < -0.4 is 5.32 Å². The van der Waals surface area contributed by atoms with Gasteiger partial charge in [0.25, 0.3) is 0 Å². The molecule has 1 aromatic rings. The van der Waals surface area contributed by atoms with Crippen molar-refractivity contribution in [2.24, 2.45) is 0 Å². The molecule has 1 fully saturated rings. The monoisotopic (exact) mass is 255 g/mol. The summed E-state index contributed by atoms with van der Waals surface area (Å²) in [4.78, 5) is 0. The van der Waals surface area contributed by atoms with Crippen LogP contribution in [0.25, 0.3) is 0 Å². The summed E-state index contributed by atoms with van der Waals surface area (Å²) in [6.07, 6.45) is 0.854. The van der Waals surface area contributed by atoms with E-state index in [1.54, 1.807) is 24.8 Å². The smallest absolute Gasteiger partial charge is 0.126 e. The van der Waals surface area contributed by atoms with Gasteiger partial charge in [-0.3, -0.25) is 0 Å². The lowest BCUT2D eigenvalue weighted by Crippen LogP contribution is -2.40. The Labute approximate surface area is 106 Å². The van der Waals surface area contributed by atoms with Gasteiger partial charge in [0.15, 0.2) is 0 Å². The molecule has 1 atom stereocenters. The summed E-state index contributed by atoms with van der Waals surface area (Å²) in [6.45, 7) is 3.05. The minimum atomic E-state index is -0.556. The Morgan fingerprint density at radius 2 is 2.35 bits per heavy atom. The fourth-order valence-electron chi connectivity index (χ4n) is 1.99. The second-order valence-electron chi connectivity index (χ2n) is 4.71. The third-order valence-corrected chi connectivity index (χ3v) is 4.32. The lowest BCUT2D eigenvalue weighted by molar-refractivity contribution is 0.0674. The summed E-state index contributed by atoms with van der Waals surface area (Å²) < 4.78 is 13.1. The highest BCUT2D eigenvalue weighted by atomic mass is 32.2. The minimum absolute atomic E-state index is 0.167. The standard InChI is InChI=1S/C13H18FNOS/c1-10-6-11(2-3-12(10)14)7-15-8-13(16)4-5-17-9-13/h2-3,6,15-16H,4-5,7-9H2,1H3. The molecule has 0 aliphatic carbocycles. The summed E-state index contributed by atoms with van der Waals surface area (Å²) in [7, 11) is 0. The molecule has 2 nitrogen and oxygen atoms in total. The second kappa shape index (κ2) is 5.38. The van der Waals surface area contributed by atoms with Crippen LogP contribution in [0, 0.1) is 12.7 Å². The van der Waals surface area contributed by atoms with Crippen molar-refractivity contribution in [1.82, 2.24) is 5.32 Å². The number of aryl methyl sites for hydroxylation is 1. The Morgan fingerprint density at radius 1 is 1.53 bits per heavy atom. The van der Waals surface area contributed by atoms with Gasteiger partial charge in [0.1, 0.15) is 5.82 Å². The lowest BCUT2D eigenvalue weighted by atomic mass is 10.0. The summed E-state index contributed by atoms with van der Waals surface area (Å²) in [5.74, 6) is 1.68. The minimum Gasteiger partial charge on any atom is -0.388 e. The Balaban J connectivity index is 1.83. The largest absolute Gasteiger partial charge is 0.388 e. The topological polar surface area (TPSA) is 32.3 Å². The fraction of sp³-hybridized carbons (Fsp3) is 0.538. The molecule has 1 unspecified atom stereocenters. The number of rotatable bonds is 4. The number of thioether (sulfide) groups is 1. The molecule has 2 rings (SSSR count). The molecule has 0 radical (unpaired) electrons. The Kier molecular flexibility index (Phi) is 4.07. The van der Waals surface area contributed by atoms with Gasteiger partial charge in [-0.1, -0.05) is 12.1 Å². The lowest BCUT2D eigenvalue weighted by Gasteiger charge is -2.21. The average molecular weight is 255 g/mol. The molecule has 1 aliphatic heterocycles. The molecule has 1 saturated heterocycles. The van der Waals surface area contributed by atoms with Crippen molar-refractivity contribution >= 4 is 11.8 Å². The Bertz CT molecular complexity index is 391. The number of aliphatic hydroxyl groups is 1. The summed E-state index contributed by atoms with van der Waals surface area (Å²) >= 11 is 1.79. The highest BCUT2D eigenvalue weighted by Crippen LogP contribution is 2.27. The van der Waals surface area contributed by atoms with Gasteiger partial charge in [0, 0.05) is 18.8 Å². The summed E-state index contributed by atoms with van der Waals surface area (Å²) in [5.41, 5.74) is 1.16. The predicted molar refractivity (Wildman–Crippen MR) is 69.7 cm³/mol. The zero-order chi connectivity index (χ0) is 12.3. The van der Waals surface area contributed by atoms with Crippen LogP contribution >= 0.6 is 11.8 Å². The van der Waals surface area contributed by atoms with E-state index in [4.69, 9.17) is 0 Å². The first kappa shape index (κ1) is 12.9. The van der Waals surface area contributed by atoms with E-state index >= 15 is 0 Å². The van der Waals surface area contributed by atoms with Gasteiger partial charge in [-0.25, -0.2) is 4.39 Å². The van der Waals surface area contributed by atoms with Crippen LogP contribution in [0.4, 0.5) is 4.39 Å². The zero-order valence-corrected chi connectivity index (χ0v) is 10.8. The van der Waals surface area contributed by atoms with Gasteiger partial charge >= 0.3 is 0 Å². The first-order valence-corrected chi connectivity index (χ1v) is 7.00. The van der Waals surface area contributed by atoms with Crippen LogP contribution in [0.5, 0.6) is 0 Å². The number of nitrogens with one attached hydrogen (secondary N) is 1. The van der Waals surface area contributed by atoms with E-state index in [1.165, 1.54) is 6.07 Å². The van der Waals surface area contributed by atoms with E-state index in [0.717, 1.165) is 23.5 Å². The molecular weight excluding hydrogens is 237 g/mol. The maximum absolute atomic E-state index is 13.1. The van der Waals surface area contributed by atoms with Gasteiger partial charge in [-0.2, -0.15) is 11.8 Å². The summed E-state index contributed by atoms with van der Waals surface area (Å²) in [5, 5.41) is 13.4. The maximum atomic E-state index is 13.1. The molecule has 0 spiro atoms. The molecule has 17 heavy (non-hydrogen) atoms. The first-order chi connectivity index (χ1) is 8.09. The number of hydrogen-bond acceptors (Lipinski definition) is 3. The van der Waals surface area contributed by atoms with Crippen molar-refractivity contribution in [3.63, 3.8) is 0 Å². The first-order valence-electron chi connectivity index (χ1n) is 5.85. The average Bonchev–Trinajstić information content (AvgIpc) is 2.71. The van der Waals surface area contributed by atoms with Crippen LogP contribution in [0.3, 0.4) is 0 Å². The van der Waals surface area contributed by atoms with E-state index in [0.29, 0.717) is 18.7 Å². The molecule has 4 heteroatoms. The molecule has 1 aliphatic rings. The molecule has 0 aromatic heterocycles. The third-order valence-electron chi connectivity index (χ3n) is 3.09. The van der Waals surface area contributed by atoms with Gasteiger partial charge in [0.2, 0.25) is 0 Å². The van der Waals surface area contributed by atoms with E-state index in [9.17, 15) is 9.50 Å². The van der Waals surface area contributed by atoms with E-state index in [1.807, 2.05) is 6.07 Å². The summed E-state index contributed by atoms with van der Waals surface area (Å²) in [6, 6.07) is 5.12. The van der Waals surface area contributed by atoms with Crippen LogP contribution in [0.1, 0.15) is 17.5 Å². The van der Waals surface area contributed by atoms with Crippen LogP contribution in [0.2, 0.25) is 0 Å². The van der Waals surface area contributed by atoms with Gasteiger partial charge in [-0.15, -0.1) is 0 Å². The molecule has 0 bridgehead atoms. The van der Waals surface area contributed by atoms with Crippen molar-refractivity contribution < 1.29 is 9.50 Å². The number of hydrogen-bond donors (Lipinski definition) is 2. The van der Waals surface area contributed by atoms with Crippen molar-refractivity contribution in [3.8, 4) is 0 Å². The fourth-order valence-corrected chi connectivity index (χ4v) is 3.29. The normalized spacial score (nSPS) is 24.2. The van der Waals surface area contributed by atoms with E-state index in [-0.39, 0.29) is 5.82 Å². The van der Waals surface area contributed by atoms with Crippen molar-refractivity contribution in [2.75, 3.05) is 18.1 Å². The SMILES string of the molecule is Cc1cc(CNCC2(O)CCSC2)ccc1F. The molecule has 2 N–H and O–H groups in total. The Morgan fingerprint density at radius 3 is 3.00 bits per heavy atom. The van der Waals surface area contributed by atoms with Crippen LogP contribution in [-0.4, -0.2) is 28.8 Å². The van der Waals surface area contributed by atoms with Crippen molar-refractivity contribution in [1.29, 1.82) is 0 Å². The van der Waals surface area contributed by atoms with Crippen molar-refractivity contribution in [2.45, 2.75) is 25.5 Å². The molecule has 1 heterocycles. The zero-order valence-electron chi connectivity index (χ0n) is 10.0. The van der Waals surface area contributed by atoms with Crippen molar-refractivity contribution in [3.05, 3.63) is 35.1 Å². The van der Waals surface area contributed by atoms with Crippen LogP contribution in [0.15, 0.2) is 18.2 Å². The Hall–Kier alpha value is -0.580. The molecular formula is C13H18FNOS. The third kappa shape index (κ3) is 3.44. The van der Waals surface area contributed by atoms with Crippen LogP contribution in [-0.2, 0) is 6.54 Å². The van der Waals surface area contributed by atoms with E-state index in [2.05, 4.69) is 5.32 Å². The van der Waals surface area contributed by atoms with Gasteiger partial charge in [-0.05, 0) is 36.3 Å². The number of benzene rings is 1. The highest BCUT2D eigenvalue weighted by Gasteiger charge is 2.30. The van der Waals surface area contributed by atoms with Gasteiger partial charge in [0.05, 0.1) is 5.60 Å². The number of halogens is 1. The quantitative estimate of drug-likeness (QED) is 0.864. The highest BCUT2D eigenvalue weighted by molar-refractivity contribution is 7.99. The maximum Gasteiger partial charge on any atom is 0.126 e.